The Bertz CT molecular complexity index is 4330. The molecule has 24 heteroatoms. The lowest BCUT2D eigenvalue weighted by Gasteiger charge is -2.11. The van der Waals surface area contributed by atoms with Crippen LogP contribution in [-0.4, -0.2) is 76.8 Å². The van der Waals surface area contributed by atoms with Crippen LogP contribution in [-0.2, 0) is 0 Å². The van der Waals surface area contributed by atoms with Crippen molar-refractivity contribution in [1.82, 2.24) is 44.5 Å². The maximum absolute atomic E-state index is 12.3. The highest BCUT2D eigenvalue weighted by Crippen LogP contribution is 2.32. The van der Waals surface area contributed by atoms with Gasteiger partial charge in [-0.05, 0) is 132 Å². The molecule has 0 aliphatic rings. The Morgan fingerprint density at radius 1 is 0.417 bits per heavy atom. The molecular weight excluding hydrogens is 1070 g/mol. The van der Waals surface area contributed by atoms with Gasteiger partial charge < -0.3 is 58.6 Å². The molecule has 0 saturated carbocycles. The molecule has 12 aromatic rings. The van der Waals surface area contributed by atoms with E-state index in [2.05, 4.69) is 62.8 Å². The van der Waals surface area contributed by atoms with E-state index in [4.69, 9.17) is 31.9 Å². The fraction of sp³-hybridized carbons (Fsp3) is 0.0333. The number of methoxy groups -OCH3 is 2. The summed E-state index contributed by atoms with van der Waals surface area (Å²) in [5.74, 6) is 2.42. The van der Waals surface area contributed by atoms with Crippen LogP contribution in [0.3, 0.4) is 0 Å². The van der Waals surface area contributed by atoms with Crippen LogP contribution in [0.4, 0.5) is 66.0 Å². The maximum Gasteiger partial charge on any atom is 0.323 e. The van der Waals surface area contributed by atoms with Crippen molar-refractivity contribution < 1.29 is 23.9 Å². The van der Waals surface area contributed by atoms with Crippen molar-refractivity contribution in [2.75, 3.05) is 63.3 Å². The fourth-order valence-electron chi connectivity index (χ4n) is 8.73. The van der Waals surface area contributed by atoms with Crippen LogP contribution >= 0.6 is 0 Å². The zero-order chi connectivity index (χ0) is 58.5. The Balaban J connectivity index is 0.000000140. The number of carbonyl (C=O) groups excluding carboxylic acids is 3. The summed E-state index contributed by atoms with van der Waals surface area (Å²) in [5.41, 5.74) is 29.9. The number of fused-ring (bicyclic) bond motifs is 3. The van der Waals surface area contributed by atoms with Gasteiger partial charge in [-0.3, -0.25) is 0 Å². The second-order valence-electron chi connectivity index (χ2n) is 18.2. The number of rotatable bonds is 11. The largest absolute Gasteiger partial charge is 0.497 e. The van der Waals surface area contributed by atoms with E-state index in [9.17, 15) is 14.4 Å². The van der Waals surface area contributed by atoms with Crippen molar-refractivity contribution in [3.05, 3.63) is 206 Å². The highest BCUT2D eigenvalue weighted by Gasteiger charge is 2.15. The summed E-state index contributed by atoms with van der Waals surface area (Å²) in [6.45, 7) is 0. The number of anilines is 9. The van der Waals surface area contributed by atoms with Gasteiger partial charge in [0.05, 0.1) is 31.5 Å². The Kier molecular flexibility index (Phi) is 16.4. The van der Waals surface area contributed by atoms with Crippen molar-refractivity contribution in [2.45, 2.75) is 0 Å². The summed E-state index contributed by atoms with van der Waals surface area (Å²) in [6.07, 6.45) is 5.37. The number of nitrogen functional groups attached to an aromatic ring is 3. The Hall–Kier alpha value is -12.5. The number of carbonyl (C=O) groups is 3. The van der Waals surface area contributed by atoms with Gasteiger partial charge >= 0.3 is 18.1 Å². The number of amides is 6. The standard InChI is InChI=1S/C20H15N7O.2C20H18N6O2/c21-12-13-3-7-15(8-4-13)23-20(28)24-16-9-5-14(6-10-16)17-2-1-11-27-18(17)19(22)25-26-27;1-28-16-10-8-15(9-11-16)23-20(27)22-14-6-4-13(5-7-14)17-3-2-12-26-18(17)19(21)24-25-26;1-28-17-7-3-2-6-16(17)23-20(27)22-14-10-8-13(9-11-14)15-5-4-12-26-18(15)19(21)24-25-26/h1-11H,22H2,(H2,23,24,28);2*2-12H,21H2,1H3,(H2,22,23,27). The van der Waals surface area contributed by atoms with Crippen molar-refractivity contribution in [2.24, 2.45) is 0 Å². The van der Waals surface area contributed by atoms with E-state index in [0.717, 1.165) is 55.7 Å². The van der Waals surface area contributed by atoms with Crippen LogP contribution in [0.5, 0.6) is 11.5 Å². The van der Waals surface area contributed by atoms with E-state index in [1.165, 1.54) is 0 Å². The first-order valence-electron chi connectivity index (χ1n) is 25.5. The summed E-state index contributed by atoms with van der Waals surface area (Å²) >= 11 is 0. The second-order valence-corrected chi connectivity index (χ2v) is 18.2. The van der Waals surface area contributed by atoms with Gasteiger partial charge in [0.1, 0.15) is 28.0 Å². The molecule has 12 N–H and O–H groups in total. The molecule has 0 spiro atoms. The lowest BCUT2D eigenvalue weighted by Crippen LogP contribution is -2.19. The lowest BCUT2D eigenvalue weighted by atomic mass is 10.1. The van der Waals surface area contributed by atoms with Gasteiger partial charge in [-0.2, -0.15) is 5.26 Å². The van der Waals surface area contributed by atoms with Crippen LogP contribution in [0.1, 0.15) is 5.56 Å². The smallest absolute Gasteiger partial charge is 0.323 e. The summed E-state index contributed by atoms with van der Waals surface area (Å²) in [6, 6.07) is 55.7. The molecule has 6 aromatic carbocycles. The molecule has 0 atom stereocenters. The number of hydrogen-bond acceptors (Lipinski definition) is 15. The molecule has 0 saturated heterocycles. The van der Waals surface area contributed by atoms with Crippen molar-refractivity contribution in [3.8, 4) is 50.9 Å². The number of aromatic nitrogens is 9. The quantitative estimate of drug-likeness (QED) is 0.0581. The predicted octanol–water partition coefficient (Wildman–Crippen LogP) is 10.8. The summed E-state index contributed by atoms with van der Waals surface area (Å²) in [7, 11) is 3.15. The molecule has 0 radical (unpaired) electrons. The van der Waals surface area contributed by atoms with E-state index in [1.807, 2.05) is 115 Å². The number of para-hydroxylation sites is 2. The highest BCUT2D eigenvalue weighted by atomic mass is 16.5. The monoisotopic (exact) mass is 1120 g/mol. The van der Waals surface area contributed by atoms with Crippen molar-refractivity contribution in [3.63, 3.8) is 0 Å². The van der Waals surface area contributed by atoms with E-state index in [0.29, 0.717) is 62.9 Å². The molecule has 6 amide bonds. The second kappa shape index (κ2) is 25.1. The average Bonchev–Trinajstić information content (AvgIpc) is 3.94. The maximum atomic E-state index is 12.3. The average molecular weight is 1120 g/mol. The number of urea groups is 3. The molecule has 0 aliphatic heterocycles. The minimum absolute atomic E-state index is 0.329. The zero-order valence-electron chi connectivity index (χ0n) is 44.8. The van der Waals surface area contributed by atoms with Gasteiger partial charge in [-0.25, -0.2) is 27.9 Å². The SMILES string of the molecule is COc1ccc(NC(=O)Nc2ccc(-c3cccn4nnc(N)c34)cc2)cc1.COc1ccccc1NC(=O)Nc1ccc(-c2cccn3nnc(N)c23)cc1.N#Cc1ccc(NC(=O)Nc2ccc(-c3cccn4nnc(N)c34)cc2)cc1. The molecule has 6 heterocycles. The van der Waals surface area contributed by atoms with Crippen LogP contribution in [0.15, 0.2) is 201 Å². The number of ether oxygens (including phenoxy) is 2. The number of benzene rings is 6. The number of nitrogens with zero attached hydrogens (tertiary/aromatic N) is 10. The Morgan fingerprint density at radius 2 is 0.750 bits per heavy atom. The third-order valence-corrected chi connectivity index (χ3v) is 12.7. The third kappa shape index (κ3) is 12.8. The van der Waals surface area contributed by atoms with E-state index >= 15 is 0 Å². The topological polar surface area (TPSA) is 334 Å². The first-order valence-corrected chi connectivity index (χ1v) is 25.5. The molecular formula is C60H51N19O5. The van der Waals surface area contributed by atoms with E-state index < -0.39 is 0 Å². The molecule has 0 unspecified atom stereocenters. The van der Waals surface area contributed by atoms with Gasteiger partial charge in [0.25, 0.3) is 0 Å². The van der Waals surface area contributed by atoms with Gasteiger partial charge in [0, 0.05) is 63.7 Å². The Labute approximate surface area is 478 Å². The number of hydrogen-bond donors (Lipinski definition) is 9. The molecule has 6 aromatic heterocycles. The molecule has 24 nitrogen and oxygen atoms in total. The summed E-state index contributed by atoms with van der Waals surface area (Å²) in [4.78, 5) is 36.6. The van der Waals surface area contributed by atoms with Crippen molar-refractivity contribution in [1.29, 1.82) is 5.26 Å². The fourth-order valence-corrected chi connectivity index (χ4v) is 8.73. The summed E-state index contributed by atoms with van der Waals surface area (Å²) < 4.78 is 15.2. The normalized spacial score (nSPS) is 10.5. The molecule has 84 heavy (non-hydrogen) atoms. The Morgan fingerprint density at radius 3 is 1.10 bits per heavy atom. The number of nitrogens with one attached hydrogen (secondary N) is 6. The number of pyridine rings is 3. The first kappa shape index (κ1) is 54.8. The van der Waals surface area contributed by atoms with Crippen molar-refractivity contribution >= 4 is 86.2 Å². The first-order chi connectivity index (χ1) is 40.9. The van der Waals surface area contributed by atoms with Gasteiger partial charge in [0.2, 0.25) is 0 Å². The van der Waals surface area contributed by atoms with Gasteiger partial charge in [-0.1, -0.05) is 82.4 Å². The molecule has 416 valence electrons. The minimum atomic E-state index is -0.371. The zero-order valence-corrected chi connectivity index (χ0v) is 44.8. The van der Waals surface area contributed by atoms with Crippen LogP contribution < -0.4 is 58.6 Å². The third-order valence-electron chi connectivity index (χ3n) is 12.7. The number of nitriles is 1. The van der Waals surface area contributed by atoms with Crippen LogP contribution in [0.2, 0.25) is 0 Å². The molecule has 0 aliphatic carbocycles. The molecule has 0 fully saturated rings. The van der Waals surface area contributed by atoms with E-state index in [-0.39, 0.29) is 18.1 Å². The van der Waals surface area contributed by atoms with Crippen LogP contribution in [0, 0.1) is 11.3 Å². The number of nitrogens with two attached hydrogens (primary N) is 3. The highest BCUT2D eigenvalue weighted by molar-refractivity contribution is 6.02. The molecule has 12 rings (SSSR count). The van der Waals surface area contributed by atoms with Gasteiger partial charge in [-0.15, -0.1) is 15.3 Å². The lowest BCUT2D eigenvalue weighted by molar-refractivity contribution is 0.261. The van der Waals surface area contributed by atoms with E-state index in [1.54, 1.807) is 119 Å². The predicted molar refractivity (Wildman–Crippen MR) is 324 cm³/mol. The van der Waals surface area contributed by atoms with Crippen LogP contribution in [0.25, 0.3) is 49.9 Å². The molecule has 0 bridgehead atoms. The summed E-state index contributed by atoms with van der Waals surface area (Å²) in [5, 5.41) is 49.1. The van der Waals surface area contributed by atoms with Gasteiger partial charge in [0.15, 0.2) is 17.5 Å². The minimum Gasteiger partial charge on any atom is -0.497 e.